The molecular weight excluding hydrogens is 390 g/mol. The van der Waals surface area contributed by atoms with Gasteiger partial charge < -0.3 is 10.6 Å². The van der Waals surface area contributed by atoms with Gasteiger partial charge in [0.1, 0.15) is 0 Å². The Balaban J connectivity index is 0.00000324. The molecule has 0 saturated carbocycles. The number of guanidine groups is 1. The van der Waals surface area contributed by atoms with E-state index in [2.05, 4.69) is 15.6 Å². The SMILES string of the molecule is CCNC(=NCc1cccs1)NCCC(F)(F)F.I. The Morgan fingerprint density at radius 2 is 2.11 bits per heavy atom. The van der Waals surface area contributed by atoms with E-state index in [9.17, 15) is 13.2 Å². The van der Waals surface area contributed by atoms with Gasteiger partial charge in [0.15, 0.2) is 5.96 Å². The Kier molecular flexibility index (Phi) is 9.15. The van der Waals surface area contributed by atoms with E-state index in [1.807, 2.05) is 24.4 Å². The van der Waals surface area contributed by atoms with Gasteiger partial charge in [0.05, 0.1) is 13.0 Å². The molecule has 0 aliphatic rings. The fraction of sp³-hybridized carbons (Fsp3) is 0.545. The lowest BCUT2D eigenvalue weighted by Crippen LogP contribution is -2.38. The molecule has 19 heavy (non-hydrogen) atoms. The molecule has 0 unspecified atom stereocenters. The Morgan fingerprint density at radius 1 is 1.37 bits per heavy atom. The van der Waals surface area contributed by atoms with Crippen LogP contribution in [0.2, 0.25) is 0 Å². The third-order valence-corrected chi connectivity index (χ3v) is 2.88. The maximum Gasteiger partial charge on any atom is 0.390 e. The molecule has 0 aliphatic carbocycles. The summed E-state index contributed by atoms with van der Waals surface area (Å²) in [4.78, 5) is 5.29. The van der Waals surface area contributed by atoms with Crippen molar-refractivity contribution >= 4 is 41.3 Å². The van der Waals surface area contributed by atoms with Crippen LogP contribution in [0, 0.1) is 0 Å². The van der Waals surface area contributed by atoms with Gasteiger partial charge in [-0.2, -0.15) is 13.2 Å². The molecule has 0 amide bonds. The van der Waals surface area contributed by atoms with Crippen LogP contribution in [0.15, 0.2) is 22.5 Å². The number of halogens is 4. The first-order chi connectivity index (χ1) is 8.51. The van der Waals surface area contributed by atoms with Gasteiger partial charge in [-0.25, -0.2) is 4.99 Å². The predicted molar refractivity (Wildman–Crippen MR) is 83.2 cm³/mol. The minimum absolute atomic E-state index is 0. The van der Waals surface area contributed by atoms with E-state index in [0.29, 0.717) is 19.0 Å². The number of nitrogens with zero attached hydrogens (tertiary/aromatic N) is 1. The van der Waals surface area contributed by atoms with Crippen molar-refractivity contribution in [3.8, 4) is 0 Å². The molecular formula is C11H17F3IN3S. The van der Waals surface area contributed by atoms with Crippen LogP contribution in [0.25, 0.3) is 0 Å². The van der Waals surface area contributed by atoms with Crippen LogP contribution in [-0.2, 0) is 6.54 Å². The largest absolute Gasteiger partial charge is 0.390 e. The summed E-state index contributed by atoms with van der Waals surface area (Å²) < 4.78 is 36.0. The van der Waals surface area contributed by atoms with Gasteiger partial charge in [0.25, 0.3) is 0 Å². The molecule has 0 bridgehead atoms. The molecule has 0 saturated heterocycles. The van der Waals surface area contributed by atoms with Gasteiger partial charge in [-0.3, -0.25) is 0 Å². The molecule has 1 aromatic heterocycles. The minimum Gasteiger partial charge on any atom is -0.357 e. The molecule has 8 heteroatoms. The highest BCUT2D eigenvalue weighted by molar-refractivity contribution is 14.0. The first kappa shape index (κ1) is 18.5. The average Bonchev–Trinajstić information content (AvgIpc) is 2.77. The molecule has 0 aromatic carbocycles. The first-order valence-electron chi connectivity index (χ1n) is 5.62. The van der Waals surface area contributed by atoms with Gasteiger partial charge in [-0.1, -0.05) is 6.07 Å². The summed E-state index contributed by atoms with van der Waals surface area (Å²) in [7, 11) is 0. The van der Waals surface area contributed by atoms with Crippen molar-refractivity contribution in [2.24, 2.45) is 4.99 Å². The van der Waals surface area contributed by atoms with E-state index in [4.69, 9.17) is 0 Å². The summed E-state index contributed by atoms with van der Waals surface area (Å²) in [5, 5.41) is 7.51. The van der Waals surface area contributed by atoms with Gasteiger partial charge in [0, 0.05) is 18.0 Å². The van der Waals surface area contributed by atoms with E-state index in [-0.39, 0.29) is 30.5 Å². The second-order valence-corrected chi connectivity index (χ2v) is 4.60. The zero-order valence-electron chi connectivity index (χ0n) is 10.5. The molecule has 0 atom stereocenters. The average molecular weight is 407 g/mol. The number of hydrogen-bond acceptors (Lipinski definition) is 2. The first-order valence-corrected chi connectivity index (χ1v) is 6.50. The fourth-order valence-corrected chi connectivity index (χ4v) is 1.85. The van der Waals surface area contributed by atoms with Crippen molar-refractivity contribution in [3.05, 3.63) is 22.4 Å². The monoisotopic (exact) mass is 407 g/mol. The second-order valence-electron chi connectivity index (χ2n) is 3.57. The summed E-state index contributed by atoms with van der Waals surface area (Å²) in [6, 6.07) is 3.85. The number of rotatable bonds is 5. The van der Waals surface area contributed by atoms with E-state index in [1.54, 1.807) is 11.3 Å². The van der Waals surface area contributed by atoms with Crippen molar-refractivity contribution in [1.82, 2.24) is 10.6 Å². The summed E-state index contributed by atoms with van der Waals surface area (Å²) >= 11 is 1.57. The zero-order chi connectivity index (χ0) is 13.4. The molecule has 1 heterocycles. The van der Waals surface area contributed by atoms with Crippen LogP contribution in [0.1, 0.15) is 18.2 Å². The molecule has 0 fully saturated rings. The van der Waals surface area contributed by atoms with E-state index >= 15 is 0 Å². The van der Waals surface area contributed by atoms with Crippen molar-refractivity contribution in [2.45, 2.75) is 26.1 Å². The molecule has 1 aromatic rings. The van der Waals surface area contributed by atoms with Crippen LogP contribution in [0.4, 0.5) is 13.2 Å². The molecule has 2 N–H and O–H groups in total. The van der Waals surface area contributed by atoms with Crippen molar-refractivity contribution < 1.29 is 13.2 Å². The maximum atomic E-state index is 12.0. The van der Waals surface area contributed by atoms with Crippen LogP contribution in [0.3, 0.4) is 0 Å². The third-order valence-electron chi connectivity index (χ3n) is 2.02. The number of alkyl halides is 3. The lowest BCUT2D eigenvalue weighted by Gasteiger charge is -2.12. The van der Waals surface area contributed by atoms with E-state index < -0.39 is 12.6 Å². The third kappa shape index (κ3) is 9.09. The smallest absolute Gasteiger partial charge is 0.357 e. The standard InChI is InChI=1S/C11H16F3N3S.HI/c1-2-15-10(16-6-5-11(12,13)14)17-8-9-4-3-7-18-9;/h3-4,7H,2,5-6,8H2,1H3,(H2,15,16,17);1H. The Bertz CT molecular complexity index is 366. The Hall–Kier alpha value is -0.510. The fourth-order valence-electron chi connectivity index (χ4n) is 1.22. The molecule has 110 valence electrons. The predicted octanol–water partition coefficient (Wildman–Crippen LogP) is 3.37. The van der Waals surface area contributed by atoms with Crippen molar-refractivity contribution in [1.29, 1.82) is 0 Å². The van der Waals surface area contributed by atoms with Crippen LogP contribution < -0.4 is 10.6 Å². The van der Waals surface area contributed by atoms with Gasteiger partial charge >= 0.3 is 6.18 Å². The summed E-state index contributed by atoms with van der Waals surface area (Å²) in [6.45, 7) is 2.78. The molecule has 1 rings (SSSR count). The number of thiophene rings is 1. The van der Waals surface area contributed by atoms with Crippen LogP contribution in [0.5, 0.6) is 0 Å². The van der Waals surface area contributed by atoms with Crippen molar-refractivity contribution in [2.75, 3.05) is 13.1 Å². The number of hydrogen-bond donors (Lipinski definition) is 2. The van der Waals surface area contributed by atoms with Gasteiger partial charge in [-0.15, -0.1) is 35.3 Å². The number of aliphatic imine (C=N–C) groups is 1. The van der Waals surface area contributed by atoms with E-state index in [0.717, 1.165) is 4.88 Å². The van der Waals surface area contributed by atoms with E-state index in [1.165, 1.54) is 0 Å². The molecule has 0 aliphatic heterocycles. The highest BCUT2D eigenvalue weighted by Crippen LogP contribution is 2.18. The second kappa shape index (κ2) is 9.40. The lowest BCUT2D eigenvalue weighted by atomic mass is 10.4. The summed E-state index contributed by atoms with van der Waals surface area (Å²) in [5.74, 6) is 0.412. The van der Waals surface area contributed by atoms with Crippen molar-refractivity contribution in [3.63, 3.8) is 0 Å². The minimum atomic E-state index is -4.14. The molecule has 0 spiro atoms. The van der Waals surface area contributed by atoms with Crippen LogP contribution >= 0.6 is 35.3 Å². The lowest BCUT2D eigenvalue weighted by molar-refractivity contribution is -0.132. The Labute approximate surface area is 131 Å². The number of nitrogens with one attached hydrogen (secondary N) is 2. The molecule has 3 nitrogen and oxygen atoms in total. The summed E-state index contributed by atoms with van der Waals surface area (Å²) in [5.41, 5.74) is 0. The summed E-state index contributed by atoms with van der Waals surface area (Å²) in [6.07, 6.45) is -5.01. The molecule has 0 radical (unpaired) electrons. The Morgan fingerprint density at radius 3 is 2.63 bits per heavy atom. The topological polar surface area (TPSA) is 36.4 Å². The van der Waals surface area contributed by atoms with Crippen LogP contribution in [-0.4, -0.2) is 25.2 Å². The maximum absolute atomic E-state index is 12.0. The van der Waals surface area contributed by atoms with Gasteiger partial charge in [-0.05, 0) is 18.4 Å². The zero-order valence-corrected chi connectivity index (χ0v) is 13.6. The highest BCUT2D eigenvalue weighted by atomic mass is 127. The quantitative estimate of drug-likeness (QED) is 0.446. The normalized spacial score (nSPS) is 11.9. The highest BCUT2D eigenvalue weighted by Gasteiger charge is 2.26. The van der Waals surface area contributed by atoms with Gasteiger partial charge in [0.2, 0.25) is 0 Å².